The molecule has 0 aliphatic rings. The lowest BCUT2D eigenvalue weighted by Crippen LogP contribution is -2.23. The highest BCUT2D eigenvalue weighted by atomic mass is 79.9. The molecule has 1 rings (SSSR count). The lowest BCUT2D eigenvalue weighted by Gasteiger charge is -2.00. The average molecular weight is 404 g/mol. The van der Waals surface area contributed by atoms with Crippen molar-refractivity contribution in [1.29, 1.82) is 0 Å². The predicted octanol–water partition coefficient (Wildman–Crippen LogP) is 3.91. The molecule has 0 aliphatic heterocycles. The molecule has 2 nitrogen and oxygen atoms in total. The molecule has 1 amide bonds. The van der Waals surface area contributed by atoms with Gasteiger partial charge in [0.15, 0.2) is 0 Å². The Labute approximate surface area is 111 Å². The molecule has 14 heavy (non-hydrogen) atoms. The summed E-state index contributed by atoms with van der Waals surface area (Å²) in [6.45, 7) is 4.07. The Balaban J connectivity index is 2.65. The van der Waals surface area contributed by atoms with Gasteiger partial charge in [0.25, 0.3) is 5.91 Å². The number of hydrogen-bond donors (Lipinski definition) is 1. The van der Waals surface area contributed by atoms with E-state index in [2.05, 4.69) is 59.7 Å². The van der Waals surface area contributed by atoms with Gasteiger partial charge >= 0.3 is 0 Å². The van der Waals surface area contributed by atoms with Gasteiger partial charge in [-0.05, 0) is 37.9 Å². The monoisotopic (exact) mass is 401 g/mol. The summed E-state index contributed by atoms with van der Waals surface area (Å²) in [7, 11) is 0. The quantitative estimate of drug-likeness (QED) is 0.814. The van der Waals surface area contributed by atoms with Gasteiger partial charge in [-0.25, -0.2) is 0 Å². The van der Waals surface area contributed by atoms with Gasteiger partial charge in [-0.1, -0.05) is 22.5 Å². The van der Waals surface area contributed by atoms with Crippen molar-refractivity contribution in [1.82, 2.24) is 5.32 Å². The normalized spacial score (nSPS) is 9.93. The first-order chi connectivity index (χ1) is 6.50. The number of carbonyl (C=O) groups is 1. The maximum atomic E-state index is 11.5. The maximum Gasteiger partial charge on any atom is 0.261 e. The second kappa shape index (κ2) is 5.44. The zero-order valence-corrected chi connectivity index (χ0v) is 12.5. The predicted molar refractivity (Wildman–Crippen MR) is 70.1 cm³/mol. The third-order valence-electron chi connectivity index (χ3n) is 1.31. The van der Waals surface area contributed by atoms with Crippen LogP contribution in [0.15, 0.2) is 25.4 Å². The first kappa shape index (κ1) is 12.4. The number of thiophene rings is 1. The summed E-state index contributed by atoms with van der Waals surface area (Å²) in [5.74, 6) is -0.0954. The van der Waals surface area contributed by atoms with Crippen molar-refractivity contribution in [2.45, 2.75) is 0 Å². The van der Waals surface area contributed by atoms with Gasteiger partial charge in [-0.15, -0.1) is 11.3 Å². The number of amides is 1. The summed E-state index contributed by atoms with van der Waals surface area (Å²) in [6.07, 6.45) is 0. The second-order valence-corrected chi connectivity index (χ2v) is 6.78. The third kappa shape index (κ3) is 3.49. The van der Waals surface area contributed by atoms with Gasteiger partial charge in [0.05, 0.1) is 8.66 Å². The molecular weight excluding hydrogens is 398 g/mol. The minimum Gasteiger partial charge on any atom is -0.347 e. The van der Waals surface area contributed by atoms with Crippen molar-refractivity contribution >= 4 is 65.0 Å². The molecule has 0 bridgehead atoms. The molecule has 1 N–H and O–H groups in total. The van der Waals surface area contributed by atoms with Crippen molar-refractivity contribution in [3.63, 3.8) is 0 Å². The first-order valence-electron chi connectivity index (χ1n) is 3.57. The standard InChI is InChI=1S/C8H6Br3NOS/c1-4(9)3-12-8(13)6-2-5(10)7(11)14-6/h2H,1,3H2,(H,12,13). The van der Waals surface area contributed by atoms with Crippen molar-refractivity contribution in [2.75, 3.05) is 6.54 Å². The fourth-order valence-electron chi connectivity index (χ4n) is 0.722. The van der Waals surface area contributed by atoms with Gasteiger partial charge in [-0.2, -0.15) is 0 Å². The Kier molecular flexibility index (Phi) is 4.82. The molecule has 6 heteroatoms. The lowest BCUT2D eigenvalue weighted by molar-refractivity contribution is 0.0962. The van der Waals surface area contributed by atoms with Crippen LogP contribution in [0.5, 0.6) is 0 Å². The Bertz CT molecular complexity index is 355. The minimum absolute atomic E-state index is 0.0954. The van der Waals surface area contributed by atoms with E-state index in [4.69, 9.17) is 0 Å². The van der Waals surface area contributed by atoms with Gasteiger partial charge in [0.1, 0.15) is 0 Å². The molecule has 0 aliphatic carbocycles. The molecule has 0 atom stereocenters. The topological polar surface area (TPSA) is 29.1 Å². The first-order valence-corrected chi connectivity index (χ1v) is 6.76. The van der Waals surface area contributed by atoms with Crippen molar-refractivity contribution in [3.05, 3.63) is 30.3 Å². The van der Waals surface area contributed by atoms with Gasteiger partial charge in [0, 0.05) is 15.5 Å². The van der Waals surface area contributed by atoms with E-state index in [1.165, 1.54) is 11.3 Å². The molecule has 0 saturated heterocycles. The zero-order chi connectivity index (χ0) is 10.7. The lowest BCUT2D eigenvalue weighted by atomic mass is 10.4. The van der Waals surface area contributed by atoms with Crippen molar-refractivity contribution < 1.29 is 4.79 Å². The van der Waals surface area contributed by atoms with Crippen LogP contribution in [0.3, 0.4) is 0 Å². The van der Waals surface area contributed by atoms with E-state index in [0.29, 0.717) is 11.4 Å². The summed E-state index contributed by atoms with van der Waals surface area (Å²) in [4.78, 5) is 12.2. The van der Waals surface area contributed by atoms with E-state index in [1.54, 1.807) is 6.07 Å². The number of halogens is 3. The molecule has 1 aromatic heterocycles. The van der Waals surface area contributed by atoms with Crippen LogP contribution < -0.4 is 5.32 Å². The molecule has 0 unspecified atom stereocenters. The van der Waals surface area contributed by atoms with Crippen molar-refractivity contribution in [2.24, 2.45) is 0 Å². The van der Waals surface area contributed by atoms with E-state index in [9.17, 15) is 4.79 Å². The van der Waals surface area contributed by atoms with Crippen LogP contribution in [0, 0.1) is 0 Å². The molecule has 0 saturated carbocycles. The highest BCUT2D eigenvalue weighted by Gasteiger charge is 2.11. The van der Waals surface area contributed by atoms with Crippen LogP contribution >= 0.6 is 59.1 Å². The van der Waals surface area contributed by atoms with Crippen LogP contribution in [-0.4, -0.2) is 12.5 Å². The van der Waals surface area contributed by atoms with Crippen LogP contribution in [0.25, 0.3) is 0 Å². The fourth-order valence-corrected chi connectivity index (χ4v) is 2.81. The van der Waals surface area contributed by atoms with Gasteiger partial charge in [0.2, 0.25) is 0 Å². The Hall–Kier alpha value is 0.350. The zero-order valence-electron chi connectivity index (χ0n) is 6.94. The summed E-state index contributed by atoms with van der Waals surface area (Å²) in [5, 5.41) is 2.72. The minimum atomic E-state index is -0.0954. The Morgan fingerprint density at radius 1 is 1.57 bits per heavy atom. The summed E-state index contributed by atoms with van der Waals surface area (Å²) < 4.78 is 2.56. The number of rotatable bonds is 3. The summed E-state index contributed by atoms with van der Waals surface area (Å²) in [6, 6.07) is 1.78. The Morgan fingerprint density at radius 2 is 2.21 bits per heavy atom. The number of carbonyl (C=O) groups excluding carboxylic acids is 1. The Morgan fingerprint density at radius 3 is 2.64 bits per heavy atom. The van der Waals surface area contributed by atoms with Gasteiger partial charge in [-0.3, -0.25) is 4.79 Å². The molecule has 1 heterocycles. The van der Waals surface area contributed by atoms with E-state index in [0.717, 1.165) is 12.7 Å². The molecule has 0 radical (unpaired) electrons. The largest absolute Gasteiger partial charge is 0.347 e. The van der Waals surface area contributed by atoms with E-state index in [1.807, 2.05) is 0 Å². The van der Waals surface area contributed by atoms with E-state index >= 15 is 0 Å². The molecule has 0 fully saturated rings. The molecule has 0 spiro atoms. The maximum absolute atomic E-state index is 11.5. The number of hydrogen-bond acceptors (Lipinski definition) is 2. The SMILES string of the molecule is C=C(Br)CNC(=O)c1cc(Br)c(Br)s1. The van der Waals surface area contributed by atoms with Crippen LogP contribution in [0.2, 0.25) is 0 Å². The second-order valence-electron chi connectivity index (χ2n) is 2.43. The fraction of sp³-hybridized carbons (Fsp3) is 0.125. The molecule has 1 aromatic rings. The van der Waals surface area contributed by atoms with Crippen LogP contribution in [0.1, 0.15) is 9.67 Å². The smallest absolute Gasteiger partial charge is 0.261 e. The van der Waals surface area contributed by atoms with Crippen molar-refractivity contribution in [3.8, 4) is 0 Å². The van der Waals surface area contributed by atoms with E-state index < -0.39 is 0 Å². The molecule has 76 valence electrons. The highest BCUT2D eigenvalue weighted by Crippen LogP contribution is 2.32. The number of nitrogens with one attached hydrogen (secondary N) is 1. The molecular formula is C8H6Br3NOS. The summed E-state index contributed by atoms with van der Waals surface area (Å²) in [5.41, 5.74) is 0. The van der Waals surface area contributed by atoms with E-state index in [-0.39, 0.29) is 5.91 Å². The average Bonchev–Trinajstić information content (AvgIpc) is 2.43. The van der Waals surface area contributed by atoms with Crippen LogP contribution in [0.4, 0.5) is 0 Å². The van der Waals surface area contributed by atoms with Crippen LogP contribution in [-0.2, 0) is 0 Å². The summed E-state index contributed by atoms with van der Waals surface area (Å²) >= 11 is 11.2. The highest BCUT2D eigenvalue weighted by molar-refractivity contribution is 9.13. The third-order valence-corrected chi connectivity index (χ3v) is 4.85. The molecule has 0 aromatic carbocycles. The van der Waals surface area contributed by atoms with Gasteiger partial charge < -0.3 is 5.32 Å².